The van der Waals surface area contributed by atoms with Gasteiger partial charge in [0.2, 0.25) is 0 Å². The molecular weight excluding hydrogens is 208 g/mol. The van der Waals surface area contributed by atoms with Crippen LogP contribution in [0.4, 0.5) is 0 Å². The zero-order valence-corrected chi connectivity index (χ0v) is 12.6. The SMILES string of the molecule is CCCCN(C)CC1CCCC(C)(C)C1NC. The van der Waals surface area contributed by atoms with Gasteiger partial charge in [0, 0.05) is 12.6 Å². The monoisotopic (exact) mass is 240 g/mol. The van der Waals surface area contributed by atoms with E-state index in [2.05, 4.69) is 45.1 Å². The van der Waals surface area contributed by atoms with E-state index < -0.39 is 0 Å². The molecule has 1 rings (SSSR count). The molecule has 1 aliphatic carbocycles. The van der Waals surface area contributed by atoms with Crippen LogP contribution in [0.2, 0.25) is 0 Å². The van der Waals surface area contributed by atoms with Crippen LogP contribution in [0.15, 0.2) is 0 Å². The van der Waals surface area contributed by atoms with Gasteiger partial charge in [0.15, 0.2) is 0 Å². The van der Waals surface area contributed by atoms with Crippen molar-refractivity contribution in [1.29, 1.82) is 0 Å². The van der Waals surface area contributed by atoms with E-state index in [1.165, 1.54) is 45.2 Å². The highest BCUT2D eigenvalue weighted by Crippen LogP contribution is 2.39. The molecule has 1 N–H and O–H groups in total. The maximum Gasteiger partial charge on any atom is 0.0156 e. The van der Waals surface area contributed by atoms with E-state index in [0.29, 0.717) is 11.5 Å². The zero-order valence-electron chi connectivity index (χ0n) is 12.6. The average molecular weight is 240 g/mol. The van der Waals surface area contributed by atoms with Gasteiger partial charge in [0.25, 0.3) is 0 Å². The fourth-order valence-corrected chi connectivity index (χ4v) is 3.52. The molecule has 0 radical (unpaired) electrons. The van der Waals surface area contributed by atoms with E-state index in [1.807, 2.05) is 0 Å². The highest BCUT2D eigenvalue weighted by atomic mass is 15.1. The summed E-state index contributed by atoms with van der Waals surface area (Å²) in [5.41, 5.74) is 0.462. The summed E-state index contributed by atoms with van der Waals surface area (Å²) in [5.74, 6) is 0.825. The first-order valence-corrected chi connectivity index (χ1v) is 7.37. The fraction of sp³-hybridized carbons (Fsp3) is 1.00. The third-order valence-corrected chi connectivity index (χ3v) is 4.46. The Morgan fingerprint density at radius 1 is 1.35 bits per heavy atom. The molecule has 0 saturated heterocycles. The summed E-state index contributed by atoms with van der Waals surface area (Å²) < 4.78 is 0. The van der Waals surface area contributed by atoms with E-state index >= 15 is 0 Å². The van der Waals surface area contributed by atoms with Crippen molar-refractivity contribution < 1.29 is 0 Å². The summed E-state index contributed by atoms with van der Waals surface area (Å²) >= 11 is 0. The topological polar surface area (TPSA) is 15.3 Å². The first-order chi connectivity index (χ1) is 8.01. The molecule has 0 aliphatic heterocycles. The predicted molar refractivity (Wildman–Crippen MR) is 76.4 cm³/mol. The van der Waals surface area contributed by atoms with Gasteiger partial charge in [-0.05, 0) is 51.2 Å². The first-order valence-electron chi connectivity index (χ1n) is 7.37. The van der Waals surface area contributed by atoms with Gasteiger partial charge in [0.1, 0.15) is 0 Å². The molecule has 102 valence electrons. The van der Waals surface area contributed by atoms with Crippen molar-refractivity contribution in [2.45, 2.75) is 58.9 Å². The molecule has 0 spiro atoms. The first kappa shape index (κ1) is 15.0. The van der Waals surface area contributed by atoms with E-state index in [1.54, 1.807) is 0 Å². The average Bonchev–Trinajstić information content (AvgIpc) is 2.25. The third kappa shape index (κ3) is 4.26. The summed E-state index contributed by atoms with van der Waals surface area (Å²) in [4.78, 5) is 2.53. The molecule has 0 amide bonds. The van der Waals surface area contributed by atoms with Crippen molar-refractivity contribution in [1.82, 2.24) is 10.2 Å². The number of hydrogen-bond donors (Lipinski definition) is 1. The van der Waals surface area contributed by atoms with Crippen LogP contribution in [0.3, 0.4) is 0 Å². The van der Waals surface area contributed by atoms with E-state index in [4.69, 9.17) is 0 Å². The van der Waals surface area contributed by atoms with Gasteiger partial charge in [-0.3, -0.25) is 0 Å². The van der Waals surface area contributed by atoms with Crippen molar-refractivity contribution >= 4 is 0 Å². The van der Waals surface area contributed by atoms with Gasteiger partial charge in [-0.2, -0.15) is 0 Å². The Hall–Kier alpha value is -0.0800. The van der Waals surface area contributed by atoms with Crippen molar-refractivity contribution in [3.05, 3.63) is 0 Å². The Morgan fingerprint density at radius 3 is 2.65 bits per heavy atom. The van der Waals surface area contributed by atoms with Gasteiger partial charge in [-0.25, -0.2) is 0 Å². The van der Waals surface area contributed by atoms with Gasteiger partial charge >= 0.3 is 0 Å². The quantitative estimate of drug-likeness (QED) is 0.767. The maximum atomic E-state index is 3.58. The molecule has 0 aromatic carbocycles. The molecular formula is C15H32N2. The summed E-state index contributed by atoms with van der Waals surface area (Å²) in [6.45, 7) is 9.63. The van der Waals surface area contributed by atoms with Crippen molar-refractivity contribution in [3.8, 4) is 0 Å². The minimum Gasteiger partial charge on any atom is -0.316 e. The fourth-order valence-electron chi connectivity index (χ4n) is 3.52. The standard InChI is InChI=1S/C15H32N2/c1-6-7-11-17(5)12-13-9-8-10-15(2,3)14(13)16-4/h13-14,16H,6-12H2,1-5H3. The summed E-state index contributed by atoms with van der Waals surface area (Å²) in [6.07, 6.45) is 6.79. The molecule has 1 fully saturated rings. The minimum absolute atomic E-state index is 0.462. The molecule has 0 aromatic heterocycles. The number of rotatable bonds is 6. The molecule has 1 saturated carbocycles. The molecule has 2 unspecified atom stereocenters. The van der Waals surface area contributed by atoms with Crippen LogP contribution in [-0.2, 0) is 0 Å². The van der Waals surface area contributed by atoms with Gasteiger partial charge in [-0.1, -0.05) is 33.6 Å². The van der Waals surface area contributed by atoms with E-state index in [0.717, 1.165) is 5.92 Å². The van der Waals surface area contributed by atoms with Crippen molar-refractivity contribution in [3.63, 3.8) is 0 Å². The van der Waals surface area contributed by atoms with Crippen LogP contribution >= 0.6 is 0 Å². The zero-order chi connectivity index (χ0) is 12.9. The molecule has 2 heteroatoms. The smallest absolute Gasteiger partial charge is 0.0156 e. The van der Waals surface area contributed by atoms with E-state index in [9.17, 15) is 0 Å². The van der Waals surface area contributed by atoms with Crippen LogP contribution in [-0.4, -0.2) is 38.1 Å². The number of nitrogens with one attached hydrogen (secondary N) is 1. The molecule has 0 heterocycles. The Labute approximate surface area is 108 Å². The second-order valence-corrected chi connectivity index (χ2v) is 6.52. The van der Waals surface area contributed by atoms with Crippen LogP contribution in [0.1, 0.15) is 52.9 Å². The summed E-state index contributed by atoms with van der Waals surface area (Å²) in [6, 6.07) is 0.681. The van der Waals surface area contributed by atoms with Gasteiger partial charge < -0.3 is 10.2 Å². The number of hydrogen-bond acceptors (Lipinski definition) is 2. The molecule has 2 nitrogen and oxygen atoms in total. The lowest BCUT2D eigenvalue weighted by Crippen LogP contribution is -2.51. The lowest BCUT2D eigenvalue weighted by Gasteiger charge is -2.45. The second-order valence-electron chi connectivity index (χ2n) is 6.52. The van der Waals surface area contributed by atoms with Crippen LogP contribution < -0.4 is 5.32 Å². The largest absolute Gasteiger partial charge is 0.316 e. The van der Waals surface area contributed by atoms with Crippen LogP contribution in [0.25, 0.3) is 0 Å². The predicted octanol–water partition coefficient (Wildman–Crippen LogP) is 3.13. The Balaban J connectivity index is 2.50. The third-order valence-electron chi connectivity index (χ3n) is 4.46. The number of unbranched alkanes of at least 4 members (excludes halogenated alkanes) is 1. The Kier molecular flexibility index (Phi) is 5.94. The Bertz CT molecular complexity index is 213. The summed E-state index contributed by atoms with van der Waals surface area (Å²) in [5, 5.41) is 3.58. The second kappa shape index (κ2) is 6.75. The molecule has 0 bridgehead atoms. The molecule has 2 atom stereocenters. The van der Waals surface area contributed by atoms with Crippen LogP contribution in [0, 0.1) is 11.3 Å². The number of nitrogens with zero attached hydrogens (tertiary/aromatic N) is 1. The van der Waals surface area contributed by atoms with Gasteiger partial charge in [0.05, 0.1) is 0 Å². The van der Waals surface area contributed by atoms with E-state index in [-0.39, 0.29) is 0 Å². The lowest BCUT2D eigenvalue weighted by atomic mass is 9.68. The van der Waals surface area contributed by atoms with Gasteiger partial charge in [-0.15, -0.1) is 0 Å². The highest BCUT2D eigenvalue weighted by molar-refractivity contribution is 4.93. The minimum atomic E-state index is 0.462. The highest BCUT2D eigenvalue weighted by Gasteiger charge is 2.37. The molecule has 17 heavy (non-hydrogen) atoms. The van der Waals surface area contributed by atoms with Crippen molar-refractivity contribution in [2.24, 2.45) is 11.3 Å². The lowest BCUT2D eigenvalue weighted by molar-refractivity contribution is 0.0902. The van der Waals surface area contributed by atoms with Crippen molar-refractivity contribution in [2.75, 3.05) is 27.2 Å². The molecule has 0 aromatic rings. The summed E-state index contributed by atoms with van der Waals surface area (Å²) in [7, 11) is 4.42. The Morgan fingerprint density at radius 2 is 2.06 bits per heavy atom. The maximum absolute atomic E-state index is 3.58. The molecule has 1 aliphatic rings. The van der Waals surface area contributed by atoms with Crippen LogP contribution in [0.5, 0.6) is 0 Å². The normalized spacial score (nSPS) is 28.6.